The van der Waals surface area contributed by atoms with E-state index in [9.17, 15) is 0 Å². The first-order valence-electron chi connectivity index (χ1n) is 9.96. The van der Waals surface area contributed by atoms with Crippen LogP contribution in [-0.2, 0) is 0 Å². The molecule has 2 aromatic carbocycles. The van der Waals surface area contributed by atoms with E-state index in [1.807, 2.05) is 0 Å². The van der Waals surface area contributed by atoms with Gasteiger partial charge in [-0.2, -0.15) is 0 Å². The molecule has 0 spiro atoms. The quantitative estimate of drug-likeness (QED) is 0.494. The Morgan fingerprint density at radius 2 is 1.62 bits per heavy atom. The van der Waals surface area contributed by atoms with Gasteiger partial charge in [0, 0.05) is 0 Å². The maximum atomic E-state index is 5.84. The Labute approximate surface area is 147 Å². The fourth-order valence-electron chi connectivity index (χ4n) is 4.11. The molecule has 1 heteroatoms. The molecule has 1 fully saturated rings. The second kappa shape index (κ2) is 8.55. The highest BCUT2D eigenvalue weighted by Gasteiger charge is 2.21. The average Bonchev–Trinajstić information content (AvgIpc) is 2.62. The van der Waals surface area contributed by atoms with Gasteiger partial charge < -0.3 is 4.74 Å². The van der Waals surface area contributed by atoms with Gasteiger partial charge in [0.1, 0.15) is 5.75 Å². The van der Waals surface area contributed by atoms with E-state index in [1.54, 1.807) is 0 Å². The van der Waals surface area contributed by atoms with Crippen LogP contribution in [0.25, 0.3) is 10.8 Å². The van der Waals surface area contributed by atoms with Gasteiger partial charge in [0.05, 0.1) is 6.61 Å². The monoisotopic (exact) mass is 324 g/mol. The van der Waals surface area contributed by atoms with E-state index in [1.165, 1.54) is 61.3 Å². The molecule has 0 aliphatic heterocycles. The normalized spacial score (nSPS) is 21.1. The summed E-state index contributed by atoms with van der Waals surface area (Å²) >= 11 is 0. The maximum absolute atomic E-state index is 5.84. The summed E-state index contributed by atoms with van der Waals surface area (Å²) in [5.74, 6) is 2.75. The number of benzene rings is 2. The molecule has 0 saturated heterocycles. The lowest BCUT2D eigenvalue weighted by Crippen LogP contribution is -2.13. The molecule has 0 radical (unpaired) electrons. The van der Waals surface area contributed by atoms with E-state index in [-0.39, 0.29) is 0 Å². The molecule has 0 N–H and O–H groups in total. The Balaban J connectivity index is 1.67. The van der Waals surface area contributed by atoms with Crippen LogP contribution in [0.15, 0.2) is 36.4 Å². The molecule has 0 aromatic heterocycles. The van der Waals surface area contributed by atoms with Crippen molar-refractivity contribution in [3.8, 4) is 5.75 Å². The molecule has 1 saturated carbocycles. The van der Waals surface area contributed by atoms with E-state index in [0.717, 1.165) is 30.6 Å². The molecule has 0 unspecified atom stereocenters. The third-order valence-electron chi connectivity index (χ3n) is 5.62. The Kier molecular flexibility index (Phi) is 6.18. The minimum Gasteiger partial charge on any atom is -0.494 e. The van der Waals surface area contributed by atoms with Crippen molar-refractivity contribution in [1.82, 2.24) is 0 Å². The average molecular weight is 325 g/mol. The predicted molar refractivity (Wildman–Crippen MR) is 104 cm³/mol. The van der Waals surface area contributed by atoms with Gasteiger partial charge in [-0.05, 0) is 72.4 Å². The van der Waals surface area contributed by atoms with Crippen LogP contribution < -0.4 is 4.74 Å². The molecule has 0 atom stereocenters. The highest BCUT2D eigenvalue weighted by molar-refractivity contribution is 5.84. The van der Waals surface area contributed by atoms with Crippen molar-refractivity contribution in [2.24, 2.45) is 5.92 Å². The highest BCUT2D eigenvalue weighted by Crippen LogP contribution is 2.38. The number of ether oxygens (including phenoxy) is 1. The Bertz CT molecular complexity index is 638. The van der Waals surface area contributed by atoms with Gasteiger partial charge in [0.15, 0.2) is 0 Å². The summed E-state index contributed by atoms with van der Waals surface area (Å²) in [6, 6.07) is 13.6. The van der Waals surface area contributed by atoms with E-state index in [0.29, 0.717) is 0 Å². The van der Waals surface area contributed by atoms with Gasteiger partial charge in [0.2, 0.25) is 0 Å². The molecule has 1 aliphatic carbocycles. The van der Waals surface area contributed by atoms with Crippen LogP contribution in [0.4, 0.5) is 0 Å². The van der Waals surface area contributed by atoms with Gasteiger partial charge in [-0.3, -0.25) is 0 Å². The standard InChI is InChI=1S/C23H32O/c1-3-5-15-24-23-14-13-21-16-20(11-12-22(21)17-23)19-9-7-18(6-4-2)8-10-19/h11-14,16-19H,3-10,15H2,1-2H3. The lowest BCUT2D eigenvalue weighted by Gasteiger charge is -2.28. The molecule has 24 heavy (non-hydrogen) atoms. The minimum absolute atomic E-state index is 0.767. The lowest BCUT2D eigenvalue weighted by molar-refractivity contribution is 0.308. The summed E-state index contributed by atoms with van der Waals surface area (Å²) in [4.78, 5) is 0. The van der Waals surface area contributed by atoms with E-state index in [4.69, 9.17) is 4.74 Å². The van der Waals surface area contributed by atoms with Crippen molar-refractivity contribution < 1.29 is 4.74 Å². The molecule has 1 aliphatic rings. The molecule has 2 aromatic rings. The van der Waals surface area contributed by atoms with Crippen molar-refractivity contribution in [1.29, 1.82) is 0 Å². The fourth-order valence-corrected chi connectivity index (χ4v) is 4.11. The van der Waals surface area contributed by atoms with Gasteiger partial charge in [-0.15, -0.1) is 0 Å². The number of rotatable bonds is 7. The van der Waals surface area contributed by atoms with Gasteiger partial charge >= 0.3 is 0 Å². The summed E-state index contributed by atoms with van der Waals surface area (Å²) < 4.78 is 5.84. The third kappa shape index (κ3) is 4.32. The zero-order valence-corrected chi connectivity index (χ0v) is 15.4. The van der Waals surface area contributed by atoms with Gasteiger partial charge in [-0.25, -0.2) is 0 Å². The number of unbranched alkanes of at least 4 members (excludes halogenated alkanes) is 1. The van der Waals surface area contributed by atoms with E-state index in [2.05, 4.69) is 50.2 Å². The molecular formula is C23H32O. The van der Waals surface area contributed by atoms with Crippen LogP contribution >= 0.6 is 0 Å². The van der Waals surface area contributed by atoms with Crippen molar-refractivity contribution in [3.63, 3.8) is 0 Å². The highest BCUT2D eigenvalue weighted by atomic mass is 16.5. The summed E-state index contributed by atoms with van der Waals surface area (Å²) in [6.45, 7) is 5.33. The Morgan fingerprint density at radius 1 is 0.875 bits per heavy atom. The van der Waals surface area contributed by atoms with Crippen LogP contribution in [0.1, 0.15) is 76.7 Å². The molecule has 0 heterocycles. The molecule has 130 valence electrons. The third-order valence-corrected chi connectivity index (χ3v) is 5.62. The van der Waals surface area contributed by atoms with Crippen LogP contribution in [0.3, 0.4) is 0 Å². The SMILES string of the molecule is CCCCOc1ccc2cc(C3CCC(CCC)CC3)ccc2c1. The predicted octanol–water partition coefficient (Wildman–Crippen LogP) is 7.09. The maximum Gasteiger partial charge on any atom is 0.119 e. The summed E-state index contributed by atoms with van der Waals surface area (Å²) in [7, 11) is 0. The van der Waals surface area contributed by atoms with Crippen molar-refractivity contribution >= 4 is 10.8 Å². The number of hydrogen-bond donors (Lipinski definition) is 0. The summed E-state index contributed by atoms with van der Waals surface area (Å²) in [5.41, 5.74) is 1.54. The lowest BCUT2D eigenvalue weighted by atomic mass is 9.77. The summed E-state index contributed by atoms with van der Waals surface area (Å²) in [5, 5.41) is 2.65. The van der Waals surface area contributed by atoms with Gasteiger partial charge in [-0.1, -0.05) is 57.4 Å². The first-order valence-corrected chi connectivity index (χ1v) is 9.96. The van der Waals surface area contributed by atoms with E-state index >= 15 is 0 Å². The van der Waals surface area contributed by atoms with Crippen LogP contribution in [-0.4, -0.2) is 6.61 Å². The first-order chi connectivity index (χ1) is 11.8. The fraction of sp³-hybridized carbons (Fsp3) is 0.565. The topological polar surface area (TPSA) is 9.23 Å². The molecule has 0 amide bonds. The Morgan fingerprint density at radius 3 is 2.38 bits per heavy atom. The minimum atomic E-state index is 0.767. The number of fused-ring (bicyclic) bond motifs is 1. The second-order valence-corrected chi connectivity index (χ2v) is 7.48. The smallest absolute Gasteiger partial charge is 0.119 e. The van der Waals surface area contributed by atoms with E-state index < -0.39 is 0 Å². The first kappa shape index (κ1) is 17.3. The second-order valence-electron chi connectivity index (χ2n) is 7.48. The zero-order chi connectivity index (χ0) is 16.8. The molecular weight excluding hydrogens is 292 g/mol. The van der Waals surface area contributed by atoms with Crippen LogP contribution in [0, 0.1) is 5.92 Å². The van der Waals surface area contributed by atoms with Crippen molar-refractivity contribution in [3.05, 3.63) is 42.0 Å². The number of hydrogen-bond acceptors (Lipinski definition) is 1. The molecule has 0 bridgehead atoms. The van der Waals surface area contributed by atoms with Gasteiger partial charge in [0.25, 0.3) is 0 Å². The van der Waals surface area contributed by atoms with Crippen LogP contribution in [0.2, 0.25) is 0 Å². The van der Waals surface area contributed by atoms with Crippen LogP contribution in [0.5, 0.6) is 5.75 Å². The van der Waals surface area contributed by atoms with Crippen molar-refractivity contribution in [2.45, 2.75) is 71.1 Å². The van der Waals surface area contributed by atoms with Crippen molar-refractivity contribution in [2.75, 3.05) is 6.61 Å². The largest absolute Gasteiger partial charge is 0.494 e. The summed E-state index contributed by atoms with van der Waals surface area (Å²) in [6.07, 6.45) is 10.6. The Hall–Kier alpha value is -1.50. The molecule has 3 rings (SSSR count). The molecule has 1 nitrogen and oxygen atoms in total. The zero-order valence-electron chi connectivity index (χ0n) is 15.4.